The van der Waals surface area contributed by atoms with Crippen LogP contribution in [0.2, 0.25) is 10.0 Å². The smallest absolute Gasteiger partial charge is 0.231 e. The molecule has 2 aliphatic rings. The first-order valence-corrected chi connectivity index (χ1v) is 11.2. The number of Topliss-reactive ketones (excluding diaryl/α,β-unsaturated/α-hetero) is 1. The fourth-order valence-corrected chi connectivity index (χ4v) is 4.61. The third kappa shape index (κ3) is 4.20. The number of hydrogen-bond acceptors (Lipinski definition) is 5. The molecule has 0 spiro atoms. The standard InChI is InChI=1S/C26H21Cl2NO4/c1-15-25-18(13-29(14-32-25)12-17-5-6-19(27)11-22(17)28)10-21-24(30)23(33-26(15)21)9-16-3-7-20(31-2)8-4-16/h3-11H,12-14H2,1-2H3/b23-9-. The maximum Gasteiger partial charge on any atom is 0.231 e. The van der Waals surface area contributed by atoms with Crippen LogP contribution in [0.4, 0.5) is 0 Å². The van der Waals surface area contributed by atoms with E-state index in [0.717, 1.165) is 33.8 Å². The zero-order valence-corrected chi connectivity index (χ0v) is 19.7. The Morgan fingerprint density at radius 3 is 2.61 bits per heavy atom. The molecule has 0 aromatic heterocycles. The summed E-state index contributed by atoms with van der Waals surface area (Å²) in [6.45, 7) is 3.58. The summed E-state index contributed by atoms with van der Waals surface area (Å²) in [6, 6.07) is 14.8. The molecule has 0 unspecified atom stereocenters. The normalized spacial score (nSPS) is 16.2. The SMILES string of the molecule is COc1ccc(/C=C2\Oc3c(cc4c(c3C)OCN(Cc3ccc(Cl)cc3Cl)C4)C2=O)cc1. The summed E-state index contributed by atoms with van der Waals surface area (Å²) in [5.74, 6) is 2.25. The molecule has 0 aliphatic carbocycles. The first-order chi connectivity index (χ1) is 15.9. The third-order valence-electron chi connectivity index (χ3n) is 5.82. The zero-order chi connectivity index (χ0) is 23.1. The van der Waals surface area contributed by atoms with Gasteiger partial charge in [-0.05, 0) is 54.5 Å². The molecule has 0 N–H and O–H groups in total. The van der Waals surface area contributed by atoms with E-state index in [9.17, 15) is 4.79 Å². The maximum atomic E-state index is 13.1. The van der Waals surface area contributed by atoms with Crippen LogP contribution >= 0.6 is 23.2 Å². The van der Waals surface area contributed by atoms with Crippen LogP contribution in [-0.4, -0.2) is 24.5 Å². The predicted octanol–water partition coefficient (Wildman–Crippen LogP) is 6.28. The second-order valence-corrected chi connectivity index (χ2v) is 8.92. The van der Waals surface area contributed by atoms with Crippen LogP contribution in [0.3, 0.4) is 0 Å². The number of fused-ring (bicyclic) bond motifs is 2. The van der Waals surface area contributed by atoms with Gasteiger partial charge in [0.15, 0.2) is 5.76 Å². The number of methoxy groups -OCH3 is 1. The van der Waals surface area contributed by atoms with E-state index in [2.05, 4.69) is 4.90 Å². The molecular formula is C26H21Cl2NO4. The molecule has 0 atom stereocenters. The highest BCUT2D eigenvalue weighted by Crippen LogP contribution is 2.43. The summed E-state index contributed by atoms with van der Waals surface area (Å²) < 4.78 is 17.2. The minimum Gasteiger partial charge on any atom is -0.497 e. The Morgan fingerprint density at radius 2 is 1.88 bits per heavy atom. The highest BCUT2D eigenvalue weighted by Gasteiger charge is 2.33. The van der Waals surface area contributed by atoms with Gasteiger partial charge in [0.2, 0.25) is 5.78 Å². The number of carbonyl (C=O) groups excluding carboxylic acids is 1. The summed E-state index contributed by atoms with van der Waals surface area (Å²) >= 11 is 12.4. The number of ketones is 1. The number of nitrogens with zero attached hydrogens (tertiary/aromatic N) is 1. The first kappa shape index (κ1) is 21.8. The van der Waals surface area contributed by atoms with E-state index < -0.39 is 0 Å². The maximum absolute atomic E-state index is 13.1. The van der Waals surface area contributed by atoms with E-state index in [-0.39, 0.29) is 5.78 Å². The topological polar surface area (TPSA) is 48.0 Å². The van der Waals surface area contributed by atoms with Crippen molar-refractivity contribution in [1.82, 2.24) is 4.90 Å². The number of rotatable bonds is 4. The lowest BCUT2D eigenvalue weighted by Crippen LogP contribution is -2.32. The van der Waals surface area contributed by atoms with Gasteiger partial charge in [0.25, 0.3) is 0 Å². The van der Waals surface area contributed by atoms with Gasteiger partial charge in [-0.15, -0.1) is 0 Å². The Bertz CT molecular complexity index is 1280. The van der Waals surface area contributed by atoms with Crippen molar-refractivity contribution in [2.75, 3.05) is 13.8 Å². The second kappa shape index (κ2) is 8.75. The second-order valence-electron chi connectivity index (χ2n) is 8.08. The van der Waals surface area contributed by atoms with Crippen molar-refractivity contribution in [2.24, 2.45) is 0 Å². The van der Waals surface area contributed by atoms with Crippen molar-refractivity contribution in [3.8, 4) is 17.2 Å². The van der Waals surface area contributed by atoms with Crippen molar-refractivity contribution in [3.63, 3.8) is 0 Å². The summed E-state index contributed by atoms with van der Waals surface area (Å²) in [5, 5.41) is 1.22. The molecule has 7 heteroatoms. The van der Waals surface area contributed by atoms with Gasteiger partial charge in [-0.3, -0.25) is 9.69 Å². The molecule has 3 aromatic carbocycles. The number of carbonyl (C=O) groups is 1. The van der Waals surface area contributed by atoms with E-state index in [0.29, 0.717) is 46.9 Å². The molecule has 33 heavy (non-hydrogen) atoms. The molecule has 0 saturated carbocycles. The van der Waals surface area contributed by atoms with Crippen LogP contribution < -0.4 is 14.2 Å². The van der Waals surface area contributed by atoms with Crippen LogP contribution in [0, 0.1) is 6.92 Å². The molecule has 0 bridgehead atoms. The average molecular weight is 482 g/mol. The zero-order valence-electron chi connectivity index (χ0n) is 18.2. The van der Waals surface area contributed by atoms with Crippen LogP contribution in [0.1, 0.15) is 32.6 Å². The van der Waals surface area contributed by atoms with Gasteiger partial charge in [-0.2, -0.15) is 0 Å². The minimum atomic E-state index is -0.135. The average Bonchev–Trinajstić information content (AvgIpc) is 3.12. The predicted molar refractivity (Wildman–Crippen MR) is 128 cm³/mol. The lowest BCUT2D eigenvalue weighted by molar-refractivity contribution is 0.0877. The van der Waals surface area contributed by atoms with Crippen molar-refractivity contribution in [2.45, 2.75) is 20.0 Å². The molecule has 3 aromatic rings. The summed E-state index contributed by atoms with van der Waals surface area (Å²) in [5.41, 5.74) is 4.16. The van der Waals surface area contributed by atoms with Crippen molar-refractivity contribution in [1.29, 1.82) is 0 Å². The fraction of sp³-hybridized carbons (Fsp3) is 0.192. The van der Waals surface area contributed by atoms with Gasteiger partial charge in [-0.25, -0.2) is 0 Å². The molecule has 0 radical (unpaired) electrons. The van der Waals surface area contributed by atoms with Gasteiger partial charge in [0.1, 0.15) is 24.0 Å². The van der Waals surface area contributed by atoms with E-state index in [4.69, 9.17) is 37.4 Å². The molecule has 2 aliphatic heterocycles. The molecule has 168 valence electrons. The van der Waals surface area contributed by atoms with Gasteiger partial charge >= 0.3 is 0 Å². The van der Waals surface area contributed by atoms with Crippen molar-refractivity contribution in [3.05, 3.63) is 92.2 Å². The van der Waals surface area contributed by atoms with Gasteiger partial charge < -0.3 is 14.2 Å². The summed E-state index contributed by atoms with van der Waals surface area (Å²) in [7, 11) is 1.62. The number of benzene rings is 3. The van der Waals surface area contributed by atoms with Gasteiger partial charge in [0, 0.05) is 34.3 Å². The number of allylic oxidation sites excluding steroid dienone is 1. The molecule has 0 saturated heterocycles. The Kier molecular flexibility index (Phi) is 5.79. The fourth-order valence-electron chi connectivity index (χ4n) is 4.14. The Balaban J connectivity index is 1.40. The quantitative estimate of drug-likeness (QED) is 0.410. The monoisotopic (exact) mass is 481 g/mol. The summed E-state index contributed by atoms with van der Waals surface area (Å²) in [6.07, 6.45) is 1.75. The largest absolute Gasteiger partial charge is 0.497 e. The molecule has 5 nitrogen and oxygen atoms in total. The number of hydrogen-bond donors (Lipinski definition) is 0. The molecular weight excluding hydrogens is 461 g/mol. The number of halogens is 2. The lowest BCUT2D eigenvalue weighted by Gasteiger charge is -2.30. The van der Waals surface area contributed by atoms with Crippen LogP contribution in [0.5, 0.6) is 17.2 Å². The van der Waals surface area contributed by atoms with E-state index in [1.807, 2.05) is 49.4 Å². The van der Waals surface area contributed by atoms with Crippen molar-refractivity contribution < 1.29 is 19.0 Å². The minimum absolute atomic E-state index is 0.135. The Hall–Kier alpha value is -2.99. The molecule has 2 heterocycles. The molecule has 0 amide bonds. The molecule has 0 fully saturated rings. The lowest BCUT2D eigenvalue weighted by atomic mass is 10.00. The Morgan fingerprint density at radius 1 is 1.09 bits per heavy atom. The van der Waals surface area contributed by atoms with Crippen LogP contribution in [0.15, 0.2) is 54.3 Å². The van der Waals surface area contributed by atoms with Gasteiger partial charge in [0.05, 0.1) is 12.7 Å². The van der Waals surface area contributed by atoms with Crippen LogP contribution in [-0.2, 0) is 13.1 Å². The van der Waals surface area contributed by atoms with E-state index >= 15 is 0 Å². The van der Waals surface area contributed by atoms with E-state index in [1.54, 1.807) is 19.3 Å². The number of ether oxygens (including phenoxy) is 3. The highest BCUT2D eigenvalue weighted by atomic mass is 35.5. The first-order valence-electron chi connectivity index (χ1n) is 10.5. The highest BCUT2D eigenvalue weighted by molar-refractivity contribution is 6.35. The van der Waals surface area contributed by atoms with E-state index in [1.165, 1.54) is 0 Å². The van der Waals surface area contributed by atoms with Gasteiger partial charge in [-0.1, -0.05) is 41.4 Å². The Labute approximate surface area is 202 Å². The third-order valence-corrected chi connectivity index (χ3v) is 6.41. The van der Waals surface area contributed by atoms with Crippen LogP contribution in [0.25, 0.3) is 6.08 Å². The van der Waals surface area contributed by atoms with Crippen molar-refractivity contribution >= 4 is 35.1 Å². The molecule has 5 rings (SSSR count). The summed E-state index contributed by atoms with van der Waals surface area (Å²) in [4.78, 5) is 15.2.